The Kier molecular flexibility index (Phi) is 8.59. The van der Waals surface area contributed by atoms with Crippen LogP contribution in [0.25, 0.3) is 0 Å². The maximum Gasteiger partial charge on any atom is 0.318 e. The molecule has 0 spiro atoms. The molecule has 1 aliphatic heterocycles. The Morgan fingerprint density at radius 2 is 1.87 bits per heavy atom. The molecule has 1 aromatic rings. The van der Waals surface area contributed by atoms with Gasteiger partial charge in [0.15, 0.2) is 0 Å². The van der Waals surface area contributed by atoms with Crippen molar-refractivity contribution in [2.75, 3.05) is 19.6 Å². The van der Waals surface area contributed by atoms with Gasteiger partial charge in [-0.2, -0.15) is 0 Å². The third-order valence-corrected chi connectivity index (χ3v) is 6.74. The molecule has 1 aromatic carbocycles. The van der Waals surface area contributed by atoms with Crippen LogP contribution >= 0.6 is 0 Å². The minimum absolute atomic E-state index is 0.0585. The zero-order chi connectivity index (χ0) is 21.3. The predicted octanol–water partition coefficient (Wildman–Crippen LogP) is 5.06. The molecular formula is C25H39N3O2. The van der Waals surface area contributed by atoms with Crippen molar-refractivity contribution in [2.24, 2.45) is 0 Å². The molecule has 30 heavy (non-hydrogen) atoms. The van der Waals surface area contributed by atoms with Gasteiger partial charge in [0.05, 0.1) is 6.04 Å². The molecule has 3 amide bonds. The third-order valence-electron chi connectivity index (χ3n) is 6.74. The van der Waals surface area contributed by atoms with Gasteiger partial charge in [-0.3, -0.25) is 4.79 Å². The molecule has 1 aliphatic carbocycles. The number of unbranched alkanes of at least 4 members (excludes halogenated alkanes) is 3. The summed E-state index contributed by atoms with van der Waals surface area (Å²) < 4.78 is 0. The van der Waals surface area contributed by atoms with Gasteiger partial charge in [0.25, 0.3) is 0 Å². The normalized spacial score (nSPS) is 19.3. The van der Waals surface area contributed by atoms with E-state index >= 15 is 0 Å². The van der Waals surface area contributed by atoms with E-state index in [4.69, 9.17) is 0 Å². The molecule has 0 saturated heterocycles. The van der Waals surface area contributed by atoms with Gasteiger partial charge in [0.2, 0.25) is 5.91 Å². The van der Waals surface area contributed by atoms with Gasteiger partial charge in [-0.1, -0.05) is 69.7 Å². The summed E-state index contributed by atoms with van der Waals surface area (Å²) in [4.78, 5) is 30.0. The molecule has 2 aliphatic rings. The van der Waals surface area contributed by atoms with Gasteiger partial charge in [-0.15, -0.1) is 0 Å². The van der Waals surface area contributed by atoms with Crippen LogP contribution in [-0.4, -0.2) is 47.4 Å². The Labute approximate surface area is 182 Å². The molecule has 1 unspecified atom stereocenters. The fourth-order valence-electron chi connectivity index (χ4n) is 4.86. The van der Waals surface area contributed by atoms with Crippen LogP contribution < -0.4 is 5.32 Å². The van der Waals surface area contributed by atoms with E-state index in [0.717, 1.165) is 45.1 Å². The van der Waals surface area contributed by atoms with E-state index in [2.05, 4.69) is 37.4 Å². The summed E-state index contributed by atoms with van der Waals surface area (Å²) in [6.45, 7) is 5.85. The first-order valence-electron chi connectivity index (χ1n) is 12.0. The first-order valence-corrected chi connectivity index (χ1v) is 12.0. The Morgan fingerprint density at radius 1 is 1.10 bits per heavy atom. The maximum atomic E-state index is 13.2. The fourth-order valence-corrected chi connectivity index (χ4v) is 4.86. The van der Waals surface area contributed by atoms with E-state index in [1.807, 2.05) is 11.0 Å². The number of hydrogen-bond donors (Lipinski definition) is 1. The van der Waals surface area contributed by atoms with Gasteiger partial charge < -0.3 is 15.1 Å². The lowest BCUT2D eigenvalue weighted by Gasteiger charge is -2.37. The van der Waals surface area contributed by atoms with E-state index in [1.54, 1.807) is 4.90 Å². The molecule has 0 bridgehead atoms. The quantitative estimate of drug-likeness (QED) is 0.606. The molecule has 1 N–H and O–H groups in total. The number of nitrogens with one attached hydrogen (secondary N) is 1. The largest absolute Gasteiger partial charge is 0.335 e. The Hall–Kier alpha value is -2.04. The average Bonchev–Trinajstić information content (AvgIpc) is 2.77. The summed E-state index contributed by atoms with van der Waals surface area (Å²) in [6, 6.07) is 8.66. The van der Waals surface area contributed by atoms with Crippen molar-refractivity contribution in [1.82, 2.24) is 15.1 Å². The highest BCUT2D eigenvalue weighted by Gasteiger charge is 2.29. The highest BCUT2D eigenvalue weighted by Crippen LogP contribution is 2.29. The second-order valence-electron chi connectivity index (χ2n) is 8.98. The van der Waals surface area contributed by atoms with E-state index in [-0.39, 0.29) is 30.6 Å². The van der Waals surface area contributed by atoms with Gasteiger partial charge >= 0.3 is 6.03 Å². The number of nitrogens with zero attached hydrogens (tertiary/aromatic N) is 2. The van der Waals surface area contributed by atoms with Gasteiger partial charge in [-0.05, 0) is 43.7 Å². The summed E-state index contributed by atoms with van der Waals surface area (Å²) in [7, 11) is 0. The number of fused-ring (bicyclic) bond motifs is 1. The van der Waals surface area contributed by atoms with Crippen LogP contribution in [0.1, 0.15) is 88.8 Å². The molecule has 1 saturated carbocycles. The number of carbonyl (C=O) groups is 2. The lowest BCUT2D eigenvalue weighted by Crippen LogP contribution is -2.51. The van der Waals surface area contributed by atoms with Crippen molar-refractivity contribution in [3.05, 3.63) is 35.4 Å². The van der Waals surface area contributed by atoms with Crippen molar-refractivity contribution in [3.8, 4) is 0 Å². The van der Waals surface area contributed by atoms with E-state index < -0.39 is 0 Å². The van der Waals surface area contributed by atoms with Crippen molar-refractivity contribution >= 4 is 11.9 Å². The van der Waals surface area contributed by atoms with Crippen molar-refractivity contribution < 1.29 is 9.59 Å². The molecule has 3 rings (SSSR count). The smallest absolute Gasteiger partial charge is 0.318 e. The fraction of sp³-hybridized carbons (Fsp3) is 0.680. The number of rotatable bonds is 8. The second kappa shape index (κ2) is 11.4. The first kappa shape index (κ1) is 22.6. The van der Waals surface area contributed by atoms with Crippen LogP contribution in [0, 0.1) is 0 Å². The van der Waals surface area contributed by atoms with Crippen LogP contribution in [0.5, 0.6) is 0 Å². The van der Waals surface area contributed by atoms with Crippen molar-refractivity contribution in [1.29, 1.82) is 0 Å². The Morgan fingerprint density at radius 3 is 2.63 bits per heavy atom. The monoisotopic (exact) mass is 413 g/mol. The second-order valence-corrected chi connectivity index (χ2v) is 8.98. The van der Waals surface area contributed by atoms with Gasteiger partial charge in [-0.25, -0.2) is 4.79 Å². The zero-order valence-corrected chi connectivity index (χ0v) is 18.9. The lowest BCUT2D eigenvalue weighted by atomic mass is 9.93. The Bertz CT molecular complexity index is 699. The minimum Gasteiger partial charge on any atom is -0.335 e. The summed E-state index contributed by atoms with van der Waals surface area (Å²) >= 11 is 0. The highest BCUT2D eigenvalue weighted by atomic mass is 16.2. The van der Waals surface area contributed by atoms with Crippen molar-refractivity contribution in [2.45, 2.75) is 90.1 Å². The van der Waals surface area contributed by atoms with Gasteiger partial charge in [0.1, 0.15) is 6.54 Å². The van der Waals surface area contributed by atoms with Gasteiger partial charge in [0, 0.05) is 19.1 Å². The molecule has 1 heterocycles. The van der Waals surface area contributed by atoms with Crippen LogP contribution in [0.2, 0.25) is 0 Å². The number of benzene rings is 1. The maximum absolute atomic E-state index is 13.2. The highest BCUT2D eigenvalue weighted by molar-refractivity contribution is 5.84. The first-order chi connectivity index (χ1) is 14.6. The van der Waals surface area contributed by atoms with Crippen LogP contribution in [0.15, 0.2) is 24.3 Å². The SMILES string of the molecule is CCCCCCN(CC(=O)N1CCc2ccccc2C1C)C(=O)NC1CCCCC1. The zero-order valence-electron chi connectivity index (χ0n) is 18.9. The molecule has 0 radical (unpaired) electrons. The topological polar surface area (TPSA) is 52.7 Å². The number of hydrogen-bond acceptors (Lipinski definition) is 2. The molecule has 1 atom stereocenters. The molecule has 5 heteroatoms. The molecule has 0 aromatic heterocycles. The summed E-state index contributed by atoms with van der Waals surface area (Å²) in [5.74, 6) is 0.0614. The number of carbonyl (C=O) groups excluding carboxylic acids is 2. The summed E-state index contributed by atoms with van der Waals surface area (Å²) in [5, 5.41) is 3.21. The van der Waals surface area contributed by atoms with E-state index in [9.17, 15) is 9.59 Å². The standard InChI is InChI=1S/C25H39N3O2/c1-3-4-5-11-17-27(25(30)26-22-13-7-6-8-14-22)19-24(29)28-18-16-21-12-9-10-15-23(21)20(28)2/h9-10,12,15,20,22H,3-8,11,13-14,16-19H2,1-2H3,(H,26,30). The average molecular weight is 414 g/mol. The predicted molar refractivity (Wildman–Crippen MR) is 121 cm³/mol. The van der Waals surface area contributed by atoms with Crippen molar-refractivity contribution in [3.63, 3.8) is 0 Å². The van der Waals surface area contributed by atoms with Crippen LogP contribution in [-0.2, 0) is 11.2 Å². The number of amides is 3. The van der Waals surface area contributed by atoms with E-state index in [0.29, 0.717) is 6.54 Å². The minimum atomic E-state index is -0.0585. The number of urea groups is 1. The molecule has 5 nitrogen and oxygen atoms in total. The molecular weight excluding hydrogens is 374 g/mol. The third kappa shape index (κ3) is 5.99. The molecule has 1 fully saturated rings. The van der Waals surface area contributed by atoms with Crippen LogP contribution in [0.4, 0.5) is 4.79 Å². The lowest BCUT2D eigenvalue weighted by molar-refractivity contribution is -0.134. The molecule has 166 valence electrons. The van der Waals surface area contributed by atoms with E-state index in [1.165, 1.54) is 36.8 Å². The summed E-state index contributed by atoms with van der Waals surface area (Å²) in [5.41, 5.74) is 2.57. The summed E-state index contributed by atoms with van der Waals surface area (Å²) in [6.07, 6.45) is 11.0. The Balaban J connectivity index is 1.62. The van der Waals surface area contributed by atoms with Crippen LogP contribution in [0.3, 0.4) is 0 Å².